The van der Waals surface area contributed by atoms with Gasteiger partial charge in [0.05, 0.1) is 5.56 Å². The van der Waals surface area contributed by atoms with E-state index >= 15 is 0 Å². The maximum atomic E-state index is 12.3. The molecule has 0 saturated heterocycles. The highest BCUT2D eigenvalue weighted by Crippen LogP contribution is 2.35. The van der Waals surface area contributed by atoms with Gasteiger partial charge in [0.25, 0.3) is 5.91 Å². The first-order chi connectivity index (χ1) is 12.0. The minimum Gasteiger partial charge on any atom is -0.396 e. The summed E-state index contributed by atoms with van der Waals surface area (Å²) in [6, 6.07) is 8.14. The molecule has 2 rings (SSSR count). The Balaban J connectivity index is 2.67. The number of hydrogen-bond acceptors (Lipinski definition) is 2. The van der Waals surface area contributed by atoms with Crippen LogP contribution in [0.1, 0.15) is 59.9 Å². The highest BCUT2D eigenvalue weighted by molar-refractivity contribution is 6.02. The van der Waals surface area contributed by atoms with Gasteiger partial charge < -0.3 is 15.4 Å². The molecule has 0 aliphatic carbocycles. The number of nitrogens with zero attached hydrogens (tertiary/aromatic N) is 1. The Bertz CT molecular complexity index is 732. The van der Waals surface area contributed by atoms with Crippen LogP contribution in [-0.2, 0) is 13.0 Å². The van der Waals surface area contributed by atoms with Crippen LogP contribution in [0.3, 0.4) is 0 Å². The van der Waals surface area contributed by atoms with Crippen LogP contribution < -0.4 is 5.73 Å². The van der Waals surface area contributed by atoms with Gasteiger partial charge in [-0.05, 0) is 44.2 Å². The lowest BCUT2D eigenvalue weighted by Gasteiger charge is -2.14. The van der Waals surface area contributed by atoms with Crippen molar-refractivity contribution in [1.29, 1.82) is 0 Å². The lowest BCUT2D eigenvalue weighted by Crippen LogP contribution is -2.13. The first-order valence-corrected chi connectivity index (χ1v) is 9.21. The number of carbonyl (C=O) groups excluding carboxylic acids is 1. The van der Waals surface area contributed by atoms with Crippen molar-refractivity contribution in [2.45, 2.75) is 59.4 Å². The largest absolute Gasteiger partial charge is 0.396 e. The number of aromatic nitrogens is 1. The van der Waals surface area contributed by atoms with E-state index in [2.05, 4.69) is 30.5 Å². The first kappa shape index (κ1) is 19.3. The fourth-order valence-electron chi connectivity index (χ4n) is 3.58. The summed E-state index contributed by atoms with van der Waals surface area (Å²) in [6.07, 6.45) is 4.97. The van der Waals surface area contributed by atoms with Crippen molar-refractivity contribution in [3.8, 4) is 11.1 Å². The number of aliphatic hydroxyl groups is 1. The molecular formula is C21H30N2O2. The third-order valence-corrected chi connectivity index (χ3v) is 4.85. The molecule has 0 atom stereocenters. The minimum absolute atomic E-state index is 0.137. The van der Waals surface area contributed by atoms with Crippen LogP contribution in [0.2, 0.25) is 0 Å². The number of rotatable bonds is 9. The lowest BCUT2D eigenvalue weighted by molar-refractivity contribution is 0.1000. The third-order valence-electron chi connectivity index (χ3n) is 4.85. The maximum absolute atomic E-state index is 12.3. The molecule has 1 amide bonds. The molecule has 0 aliphatic rings. The van der Waals surface area contributed by atoms with Crippen LogP contribution in [0.5, 0.6) is 0 Å². The number of carbonyl (C=O) groups is 1. The SMILES string of the molecule is CCCCCc1c(-c2ccccc2C)c(C(N)=O)c(C)n1CCCO. The monoisotopic (exact) mass is 342 g/mol. The lowest BCUT2D eigenvalue weighted by atomic mass is 9.94. The Labute approximate surface area is 150 Å². The number of aliphatic hydroxyl groups excluding tert-OH is 1. The second-order valence-electron chi connectivity index (χ2n) is 6.65. The zero-order valence-electron chi connectivity index (χ0n) is 15.6. The molecule has 0 fully saturated rings. The van der Waals surface area contributed by atoms with Gasteiger partial charge in [0.1, 0.15) is 0 Å². The van der Waals surface area contributed by atoms with Crippen LogP contribution in [0, 0.1) is 13.8 Å². The Morgan fingerprint density at radius 2 is 1.88 bits per heavy atom. The smallest absolute Gasteiger partial charge is 0.251 e. The molecule has 25 heavy (non-hydrogen) atoms. The van der Waals surface area contributed by atoms with E-state index in [1.54, 1.807) is 0 Å². The fourth-order valence-corrected chi connectivity index (χ4v) is 3.58. The van der Waals surface area contributed by atoms with Gasteiger partial charge >= 0.3 is 0 Å². The minimum atomic E-state index is -0.379. The second kappa shape index (κ2) is 8.86. The molecule has 0 unspecified atom stereocenters. The van der Waals surface area contributed by atoms with Gasteiger partial charge in [-0.2, -0.15) is 0 Å². The number of nitrogens with two attached hydrogens (primary N) is 1. The molecule has 0 bridgehead atoms. The summed E-state index contributed by atoms with van der Waals surface area (Å²) in [5.41, 5.74) is 11.7. The van der Waals surface area contributed by atoms with Crippen LogP contribution in [0.4, 0.5) is 0 Å². The van der Waals surface area contributed by atoms with Crippen molar-refractivity contribution >= 4 is 5.91 Å². The molecule has 3 N–H and O–H groups in total. The molecule has 0 saturated carbocycles. The molecule has 0 aliphatic heterocycles. The van der Waals surface area contributed by atoms with Gasteiger partial charge in [0.15, 0.2) is 0 Å². The van der Waals surface area contributed by atoms with Crippen LogP contribution in [0.25, 0.3) is 11.1 Å². The van der Waals surface area contributed by atoms with Crippen molar-refractivity contribution < 1.29 is 9.90 Å². The van der Waals surface area contributed by atoms with Crippen molar-refractivity contribution in [2.24, 2.45) is 5.73 Å². The van der Waals surface area contributed by atoms with Gasteiger partial charge in [0, 0.05) is 30.1 Å². The standard InChI is InChI=1S/C21H30N2O2/c1-4-5-6-12-18-20(17-11-8-7-10-15(17)2)19(21(22)25)16(3)23(18)13-9-14-24/h7-8,10-11,24H,4-6,9,12-14H2,1-3H3,(H2,22,25). The number of amides is 1. The topological polar surface area (TPSA) is 68.2 Å². The normalized spacial score (nSPS) is 11.0. The van der Waals surface area contributed by atoms with E-state index in [9.17, 15) is 9.90 Å². The average molecular weight is 342 g/mol. The van der Waals surface area contributed by atoms with Gasteiger partial charge in [-0.25, -0.2) is 0 Å². The van der Waals surface area contributed by atoms with Gasteiger partial charge in [-0.3, -0.25) is 4.79 Å². The predicted molar refractivity (Wildman–Crippen MR) is 103 cm³/mol. The first-order valence-electron chi connectivity index (χ1n) is 9.21. The van der Waals surface area contributed by atoms with E-state index in [0.717, 1.165) is 48.1 Å². The molecule has 1 heterocycles. The van der Waals surface area contributed by atoms with Gasteiger partial charge in [0.2, 0.25) is 0 Å². The highest BCUT2D eigenvalue weighted by Gasteiger charge is 2.25. The number of benzene rings is 1. The fraction of sp³-hybridized carbons (Fsp3) is 0.476. The number of primary amides is 1. The van der Waals surface area contributed by atoms with E-state index in [4.69, 9.17) is 5.73 Å². The second-order valence-corrected chi connectivity index (χ2v) is 6.65. The van der Waals surface area contributed by atoms with Gasteiger partial charge in [-0.1, -0.05) is 44.0 Å². The number of hydrogen-bond donors (Lipinski definition) is 2. The number of unbranched alkanes of at least 4 members (excludes halogenated alkanes) is 2. The van der Waals surface area contributed by atoms with Gasteiger partial charge in [-0.15, -0.1) is 0 Å². The summed E-state index contributed by atoms with van der Waals surface area (Å²) in [6.45, 7) is 7.06. The molecule has 0 radical (unpaired) electrons. The van der Waals surface area contributed by atoms with Crippen molar-refractivity contribution in [3.05, 3.63) is 46.8 Å². The molecule has 4 heteroatoms. The maximum Gasteiger partial charge on any atom is 0.251 e. The van der Waals surface area contributed by atoms with Crippen molar-refractivity contribution in [2.75, 3.05) is 6.61 Å². The Hall–Kier alpha value is -2.07. The van der Waals surface area contributed by atoms with Crippen molar-refractivity contribution in [3.63, 3.8) is 0 Å². The Kier molecular flexibility index (Phi) is 6.82. The van der Waals surface area contributed by atoms with E-state index in [1.807, 2.05) is 19.1 Å². The van der Waals surface area contributed by atoms with E-state index in [0.29, 0.717) is 18.5 Å². The summed E-state index contributed by atoms with van der Waals surface area (Å²) in [7, 11) is 0. The molecule has 1 aromatic carbocycles. The highest BCUT2D eigenvalue weighted by atomic mass is 16.3. The number of aryl methyl sites for hydroxylation is 1. The quantitative estimate of drug-likeness (QED) is 0.677. The summed E-state index contributed by atoms with van der Waals surface area (Å²) < 4.78 is 2.19. The van der Waals surface area contributed by atoms with Crippen molar-refractivity contribution in [1.82, 2.24) is 4.57 Å². The third kappa shape index (κ3) is 4.13. The van der Waals surface area contributed by atoms with E-state index in [-0.39, 0.29) is 12.5 Å². The Morgan fingerprint density at radius 1 is 1.16 bits per heavy atom. The summed E-state index contributed by atoms with van der Waals surface area (Å²) >= 11 is 0. The molecule has 1 aromatic heterocycles. The molecule has 2 aromatic rings. The van der Waals surface area contributed by atoms with Crippen LogP contribution in [0.15, 0.2) is 24.3 Å². The summed E-state index contributed by atoms with van der Waals surface area (Å²) in [5.74, 6) is -0.379. The van der Waals surface area contributed by atoms with Crippen LogP contribution >= 0.6 is 0 Å². The summed E-state index contributed by atoms with van der Waals surface area (Å²) in [5, 5.41) is 9.26. The summed E-state index contributed by atoms with van der Waals surface area (Å²) in [4.78, 5) is 12.3. The zero-order valence-corrected chi connectivity index (χ0v) is 15.6. The Morgan fingerprint density at radius 3 is 2.48 bits per heavy atom. The van der Waals surface area contributed by atoms with E-state index in [1.165, 1.54) is 5.69 Å². The molecule has 136 valence electrons. The predicted octanol–water partition coefficient (Wildman–Crippen LogP) is 3.99. The van der Waals surface area contributed by atoms with Crippen LogP contribution in [-0.4, -0.2) is 22.2 Å². The molecule has 4 nitrogen and oxygen atoms in total. The average Bonchev–Trinajstić information content (AvgIpc) is 2.85. The molecular weight excluding hydrogens is 312 g/mol. The van der Waals surface area contributed by atoms with E-state index < -0.39 is 0 Å². The molecule has 0 spiro atoms. The zero-order chi connectivity index (χ0) is 18.4.